The number of hydrogen-bond donors (Lipinski definition) is 0. The van der Waals surface area contributed by atoms with E-state index in [0.29, 0.717) is 5.82 Å². The molecule has 1 rings (SSSR count). The van der Waals surface area contributed by atoms with E-state index in [1.807, 2.05) is 0 Å². The molecule has 6 heteroatoms. The van der Waals surface area contributed by atoms with E-state index in [9.17, 15) is 13.2 Å². The molecule has 1 aromatic heterocycles. The van der Waals surface area contributed by atoms with Crippen molar-refractivity contribution < 1.29 is 13.2 Å². The lowest BCUT2D eigenvalue weighted by atomic mass is 10.3. The van der Waals surface area contributed by atoms with Crippen molar-refractivity contribution in [2.75, 3.05) is 18.5 Å². The Morgan fingerprint density at radius 3 is 2.53 bits per heavy atom. The number of rotatable bonds is 3. The second kappa shape index (κ2) is 4.83. The van der Waals surface area contributed by atoms with Crippen LogP contribution in [0.15, 0.2) is 22.8 Å². The standard InChI is InChI=1S/C9H10BrF3N2/c1-15(5-4-9(11,12)13)8-3-2-7(10)6-14-8/h2-3,6H,4-5H2,1H3. The fraction of sp³-hybridized carbons (Fsp3) is 0.444. The van der Waals surface area contributed by atoms with Gasteiger partial charge in [0, 0.05) is 24.3 Å². The third-order valence-corrected chi connectivity index (χ3v) is 2.30. The largest absolute Gasteiger partial charge is 0.390 e. The zero-order valence-electron chi connectivity index (χ0n) is 8.05. The second-order valence-electron chi connectivity index (χ2n) is 3.12. The first-order valence-electron chi connectivity index (χ1n) is 4.28. The first kappa shape index (κ1) is 12.3. The van der Waals surface area contributed by atoms with E-state index in [2.05, 4.69) is 20.9 Å². The number of alkyl halides is 3. The first-order chi connectivity index (χ1) is 6.88. The van der Waals surface area contributed by atoms with Crippen LogP contribution in [0.5, 0.6) is 0 Å². The number of hydrogen-bond acceptors (Lipinski definition) is 2. The molecule has 0 saturated carbocycles. The van der Waals surface area contributed by atoms with Crippen LogP contribution in [0.2, 0.25) is 0 Å². The summed E-state index contributed by atoms with van der Waals surface area (Å²) in [4.78, 5) is 5.46. The predicted molar refractivity (Wildman–Crippen MR) is 55.9 cm³/mol. The van der Waals surface area contributed by atoms with Crippen LogP contribution in [0, 0.1) is 0 Å². The van der Waals surface area contributed by atoms with Gasteiger partial charge in [0.1, 0.15) is 5.82 Å². The van der Waals surface area contributed by atoms with Gasteiger partial charge in [-0.3, -0.25) is 0 Å². The molecule has 84 valence electrons. The van der Waals surface area contributed by atoms with Crippen LogP contribution >= 0.6 is 15.9 Å². The molecule has 1 aromatic rings. The van der Waals surface area contributed by atoms with E-state index in [1.165, 1.54) is 4.90 Å². The van der Waals surface area contributed by atoms with Crippen LogP contribution in [0.3, 0.4) is 0 Å². The van der Waals surface area contributed by atoms with Gasteiger partial charge in [0.15, 0.2) is 0 Å². The maximum Gasteiger partial charge on any atom is 0.390 e. The Kier molecular flexibility index (Phi) is 3.96. The summed E-state index contributed by atoms with van der Waals surface area (Å²) in [6.07, 6.45) is -3.40. The Morgan fingerprint density at radius 1 is 1.40 bits per heavy atom. The van der Waals surface area contributed by atoms with E-state index in [-0.39, 0.29) is 6.54 Å². The van der Waals surface area contributed by atoms with E-state index >= 15 is 0 Å². The summed E-state index contributed by atoms with van der Waals surface area (Å²) in [6.45, 7) is -0.0852. The van der Waals surface area contributed by atoms with Gasteiger partial charge in [-0.1, -0.05) is 0 Å². The summed E-state index contributed by atoms with van der Waals surface area (Å²) in [5, 5.41) is 0. The number of anilines is 1. The molecular formula is C9H10BrF3N2. The fourth-order valence-corrected chi connectivity index (χ4v) is 1.24. The number of halogens is 4. The lowest BCUT2D eigenvalue weighted by Crippen LogP contribution is -2.24. The van der Waals surface area contributed by atoms with Crippen molar-refractivity contribution in [3.63, 3.8) is 0 Å². The van der Waals surface area contributed by atoms with Gasteiger partial charge in [-0.2, -0.15) is 13.2 Å². The van der Waals surface area contributed by atoms with Gasteiger partial charge in [0.05, 0.1) is 6.42 Å². The Balaban J connectivity index is 2.54. The van der Waals surface area contributed by atoms with Gasteiger partial charge in [-0.05, 0) is 28.1 Å². The smallest absolute Gasteiger partial charge is 0.359 e. The average molecular weight is 283 g/mol. The molecule has 0 aromatic carbocycles. The average Bonchev–Trinajstić information content (AvgIpc) is 2.14. The maximum atomic E-state index is 11.9. The molecule has 15 heavy (non-hydrogen) atoms. The highest BCUT2D eigenvalue weighted by Crippen LogP contribution is 2.21. The molecule has 0 atom stereocenters. The van der Waals surface area contributed by atoms with Crippen molar-refractivity contribution in [1.82, 2.24) is 4.98 Å². The third kappa shape index (κ3) is 4.51. The van der Waals surface area contributed by atoms with E-state index in [0.717, 1.165) is 4.47 Å². The quantitative estimate of drug-likeness (QED) is 0.846. The van der Waals surface area contributed by atoms with Crippen molar-refractivity contribution in [3.8, 4) is 0 Å². The number of nitrogens with zero attached hydrogens (tertiary/aromatic N) is 2. The van der Waals surface area contributed by atoms with E-state index in [4.69, 9.17) is 0 Å². The summed E-state index contributed by atoms with van der Waals surface area (Å²) in [6, 6.07) is 3.41. The highest BCUT2D eigenvalue weighted by atomic mass is 79.9. The third-order valence-electron chi connectivity index (χ3n) is 1.83. The zero-order chi connectivity index (χ0) is 11.5. The Bertz CT molecular complexity index is 310. The van der Waals surface area contributed by atoms with Crippen LogP contribution in [0.25, 0.3) is 0 Å². The predicted octanol–water partition coefficient (Wildman–Crippen LogP) is 3.23. The minimum absolute atomic E-state index is 0.0852. The molecule has 0 spiro atoms. The van der Waals surface area contributed by atoms with Crippen LogP contribution in [-0.2, 0) is 0 Å². The SMILES string of the molecule is CN(CCC(F)(F)F)c1ccc(Br)cn1. The topological polar surface area (TPSA) is 16.1 Å². The molecular weight excluding hydrogens is 273 g/mol. The molecule has 0 unspecified atom stereocenters. The minimum atomic E-state index is -4.12. The normalized spacial score (nSPS) is 11.5. The fourth-order valence-electron chi connectivity index (χ4n) is 1.00. The first-order valence-corrected chi connectivity index (χ1v) is 5.07. The van der Waals surface area contributed by atoms with Gasteiger partial charge >= 0.3 is 6.18 Å². The lowest BCUT2D eigenvalue weighted by molar-refractivity contribution is -0.132. The van der Waals surface area contributed by atoms with Gasteiger partial charge < -0.3 is 4.90 Å². The second-order valence-corrected chi connectivity index (χ2v) is 4.04. The van der Waals surface area contributed by atoms with E-state index < -0.39 is 12.6 Å². The molecule has 0 N–H and O–H groups in total. The van der Waals surface area contributed by atoms with Gasteiger partial charge in [-0.15, -0.1) is 0 Å². The van der Waals surface area contributed by atoms with E-state index in [1.54, 1.807) is 25.4 Å². The molecule has 0 aliphatic rings. The maximum absolute atomic E-state index is 11.9. The Labute approximate surface area is 94.2 Å². The molecule has 0 radical (unpaired) electrons. The molecule has 2 nitrogen and oxygen atoms in total. The molecule has 0 aliphatic heterocycles. The van der Waals surface area contributed by atoms with Crippen LogP contribution in [0.4, 0.5) is 19.0 Å². The van der Waals surface area contributed by atoms with Crippen molar-refractivity contribution >= 4 is 21.7 Å². The molecule has 1 heterocycles. The number of pyridine rings is 1. The van der Waals surface area contributed by atoms with Crippen LogP contribution < -0.4 is 4.90 Å². The Morgan fingerprint density at radius 2 is 2.07 bits per heavy atom. The summed E-state index contributed by atoms with van der Waals surface area (Å²) >= 11 is 3.20. The van der Waals surface area contributed by atoms with Crippen molar-refractivity contribution in [1.29, 1.82) is 0 Å². The van der Waals surface area contributed by atoms with Crippen molar-refractivity contribution in [2.24, 2.45) is 0 Å². The molecule has 0 fully saturated rings. The molecule has 0 amide bonds. The molecule has 0 aliphatic carbocycles. The van der Waals surface area contributed by atoms with Crippen LogP contribution in [-0.4, -0.2) is 24.8 Å². The summed E-state index contributed by atoms with van der Waals surface area (Å²) in [5.74, 6) is 0.530. The highest BCUT2D eigenvalue weighted by molar-refractivity contribution is 9.10. The highest BCUT2D eigenvalue weighted by Gasteiger charge is 2.27. The number of aromatic nitrogens is 1. The Hall–Kier alpha value is -0.780. The van der Waals surface area contributed by atoms with Crippen molar-refractivity contribution in [2.45, 2.75) is 12.6 Å². The summed E-state index contributed by atoms with van der Waals surface area (Å²) < 4.78 is 36.6. The zero-order valence-corrected chi connectivity index (χ0v) is 9.64. The van der Waals surface area contributed by atoms with Crippen LogP contribution in [0.1, 0.15) is 6.42 Å². The molecule has 0 saturated heterocycles. The lowest BCUT2D eigenvalue weighted by Gasteiger charge is -2.18. The van der Waals surface area contributed by atoms with Gasteiger partial charge in [-0.25, -0.2) is 4.98 Å². The summed E-state index contributed by atoms with van der Waals surface area (Å²) in [5.41, 5.74) is 0. The van der Waals surface area contributed by atoms with Crippen molar-refractivity contribution in [3.05, 3.63) is 22.8 Å². The summed E-state index contributed by atoms with van der Waals surface area (Å²) in [7, 11) is 1.59. The molecule has 0 bridgehead atoms. The minimum Gasteiger partial charge on any atom is -0.359 e. The van der Waals surface area contributed by atoms with Gasteiger partial charge in [0.2, 0.25) is 0 Å². The van der Waals surface area contributed by atoms with Gasteiger partial charge in [0.25, 0.3) is 0 Å². The monoisotopic (exact) mass is 282 g/mol.